The second-order valence-electron chi connectivity index (χ2n) is 5.12. The number of carbonyl (C=O) groups excluding carboxylic acids is 1. The number of hydrogen-bond acceptors (Lipinski definition) is 3. The van der Waals surface area contributed by atoms with Crippen LogP contribution in [0.2, 0.25) is 0 Å². The lowest BCUT2D eigenvalue weighted by Gasteiger charge is -2.30. The number of nitrogens with zero attached hydrogens (tertiary/aromatic N) is 2. The van der Waals surface area contributed by atoms with Gasteiger partial charge in [0.05, 0.1) is 11.8 Å². The molecule has 0 atom stereocenters. The predicted octanol–water partition coefficient (Wildman–Crippen LogP) is 1.26. The van der Waals surface area contributed by atoms with Crippen molar-refractivity contribution in [3.8, 4) is 0 Å². The molecule has 5 heteroatoms. The average Bonchev–Trinajstić information content (AvgIpc) is 2.90. The lowest BCUT2D eigenvalue weighted by molar-refractivity contribution is 0.0950. The Hall–Kier alpha value is -1.36. The summed E-state index contributed by atoms with van der Waals surface area (Å²) in [6.07, 6.45) is 6.78. The minimum absolute atomic E-state index is 0.0454. The first-order valence-electron chi connectivity index (χ1n) is 6.75. The highest BCUT2D eigenvalue weighted by Gasteiger charge is 2.14. The number of H-pyrrole nitrogens is 1. The molecule has 0 unspecified atom stereocenters. The van der Waals surface area contributed by atoms with Gasteiger partial charge in [-0.2, -0.15) is 5.10 Å². The van der Waals surface area contributed by atoms with E-state index in [-0.39, 0.29) is 5.91 Å². The zero-order valence-corrected chi connectivity index (χ0v) is 11.0. The van der Waals surface area contributed by atoms with Crippen molar-refractivity contribution in [1.29, 1.82) is 0 Å². The Balaban J connectivity index is 1.57. The van der Waals surface area contributed by atoms with Gasteiger partial charge in [0.2, 0.25) is 0 Å². The molecule has 0 bridgehead atoms. The van der Waals surface area contributed by atoms with Crippen LogP contribution in [-0.4, -0.2) is 47.2 Å². The molecule has 1 aliphatic heterocycles. The molecule has 5 nitrogen and oxygen atoms in total. The number of aromatic nitrogens is 2. The van der Waals surface area contributed by atoms with Crippen molar-refractivity contribution in [2.75, 3.05) is 26.2 Å². The molecule has 1 aromatic rings. The molecule has 0 spiro atoms. The Morgan fingerprint density at radius 2 is 2.33 bits per heavy atom. The number of hydrogen-bond donors (Lipinski definition) is 2. The molecule has 100 valence electrons. The van der Waals surface area contributed by atoms with Gasteiger partial charge in [-0.1, -0.05) is 6.92 Å². The molecule has 1 aliphatic rings. The SMILES string of the molecule is CC1CCN(CCCNC(=O)c2cn[nH]c2)CC1. The smallest absolute Gasteiger partial charge is 0.254 e. The number of amides is 1. The van der Waals surface area contributed by atoms with Gasteiger partial charge in [-0.3, -0.25) is 9.89 Å². The highest BCUT2D eigenvalue weighted by Crippen LogP contribution is 2.15. The summed E-state index contributed by atoms with van der Waals surface area (Å²) < 4.78 is 0. The van der Waals surface area contributed by atoms with Gasteiger partial charge < -0.3 is 10.2 Å². The van der Waals surface area contributed by atoms with Crippen LogP contribution in [0.25, 0.3) is 0 Å². The third kappa shape index (κ3) is 3.84. The van der Waals surface area contributed by atoms with E-state index >= 15 is 0 Å². The van der Waals surface area contributed by atoms with Gasteiger partial charge in [-0.15, -0.1) is 0 Å². The molecular formula is C13H22N4O. The normalized spacial score (nSPS) is 17.8. The molecule has 1 amide bonds. The van der Waals surface area contributed by atoms with Gasteiger partial charge in [-0.25, -0.2) is 0 Å². The van der Waals surface area contributed by atoms with E-state index in [0.717, 1.165) is 25.4 Å². The molecule has 0 radical (unpaired) electrons. The fourth-order valence-corrected chi connectivity index (χ4v) is 2.27. The minimum Gasteiger partial charge on any atom is -0.352 e. The van der Waals surface area contributed by atoms with Crippen molar-refractivity contribution < 1.29 is 4.79 Å². The Labute approximate surface area is 108 Å². The molecule has 0 saturated carbocycles. The first-order chi connectivity index (χ1) is 8.75. The largest absolute Gasteiger partial charge is 0.352 e. The molecule has 2 rings (SSSR count). The van der Waals surface area contributed by atoms with E-state index in [0.29, 0.717) is 5.56 Å². The van der Waals surface area contributed by atoms with E-state index in [1.807, 2.05) is 0 Å². The van der Waals surface area contributed by atoms with E-state index in [1.54, 1.807) is 12.4 Å². The second kappa shape index (κ2) is 6.54. The van der Waals surface area contributed by atoms with Crippen LogP contribution in [0.15, 0.2) is 12.4 Å². The number of piperidine rings is 1. The number of nitrogens with one attached hydrogen (secondary N) is 2. The number of rotatable bonds is 5. The number of likely N-dealkylation sites (tertiary alicyclic amines) is 1. The van der Waals surface area contributed by atoms with E-state index in [4.69, 9.17) is 0 Å². The van der Waals surface area contributed by atoms with Crippen LogP contribution >= 0.6 is 0 Å². The molecule has 18 heavy (non-hydrogen) atoms. The first-order valence-corrected chi connectivity index (χ1v) is 6.75. The van der Waals surface area contributed by atoms with Crippen LogP contribution in [0.3, 0.4) is 0 Å². The van der Waals surface area contributed by atoms with Crippen LogP contribution < -0.4 is 5.32 Å². The molecular weight excluding hydrogens is 228 g/mol. The van der Waals surface area contributed by atoms with Crippen molar-refractivity contribution in [2.24, 2.45) is 5.92 Å². The van der Waals surface area contributed by atoms with Gasteiger partial charge in [0.25, 0.3) is 5.91 Å². The third-order valence-electron chi connectivity index (χ3n) is 3.57. The van der Waals surface area contributed by atoms with Crippen molar-refractivity contribution in [3.05, 3.63) is 18.0 Å². The maximum absolute atomic E-state index is 11.6. The van der Waals surface area contributed by atoms with Crippen molar-refractivity contribution >= 4 is 5.91 Å². The summed E-state index contributed by atoms with van der Waals surface area (Å²) in [4.78, 5) is 14.1. The lowest BCUT2D eigenvalue weighted by atomic mass is 9.99. The maximum Gasteiger partial charge on any atom is 0.254 e. The monoisotopic (exact) mass is 250 g/mol. The molecule has 2 N–H and O–H groups in total. The van der Waals surface area contributed by atoms with Crippen LogP contribution in [0.5, 0.6) is 0 Å². The van der Waals surface area contributed by atoms with Crippen LogP contribution in [0, 0.1) is 5.92 Å². The first kappa shape index (κ1) is 13.1. The summed E-state index contributed by atoms with van der Waals surface area (Å²) in [6.45, 7) is 6.55. The van der Waals surface area contributed by atoms with Gasteiger partial charge >= 0.3 is 0 Å². The molecule has 1 aromatic heterocycles. The lowest BCUT2D eigenvalue weighted by Crippen LogP contribution is -2.35. The highest BCUT2D eigenvalue weighted by molar-refractivity contribution is 5.93. The fraction of sp³-hybridized carbons (Fsp3) is 0.692. The van der Waals surface area contributed by atoms with E-state index in [9.17, 15) is 4.79 Å². The summed E-state index contributed by atoms with van der Waals surface area (Å²) in [5.41, 5.74) is 0.599. The number of aromatic amines is 1. The number of carbonyl (C=O) groups is 1. The van der Waals surface area contributed by atoms with E-state index < -0.39 is 0 Å². The average molecular weight is 250 g/mol. The topological polar surface area (TPSA) is 61.0 Å². The standard InChI is InChI=1S/C13H22N4O/c1-11-3-7-17(8-4-11)6-2-5-14-13(18)12-9-15-16-10-12/h9-11H,2-8H2,1H3,(H,14,18)(H,15,16). The van der Waals surface area contributed by atoms with Gasteiger partial charge in [-0.05, 0) is 44.8 Å². The van der Waals surface area contributed by atoms with Gasteiger partial charge in [0, 0.05) is 12.7 Å². The quantitative estimate of drug-likeness (QED) is 0.773. The summed E-state index contributed by atoms with van der Waals surface area (Å²) in [6, 6.07) is 0. The Morgan fingerprint density at radius 3 is 3.00 bits per heavy atom. The van der Waals surface area contributed by atoms with E-state index in [1.165, 1.54) is 25.9 Å². The summed E-state index contributed by atoms with van der Waals surface area (Å²) in [5, 5.41) is 9.30. The molecule has 2 heterocycles. The second-order valence-corrected chi connectivity index (χ2v) is 5.12. The summed E-state index contributed by atoms with van der Waals surface area (Å²) >= 11 is 0. The highest BCUT2D eigenvalue weighted by atomic mass is 16.1. The molecule has 1 saturated heterocycles. The van der Waals surface area contributed by atoms with Crippen molar-refractivity contribution in [2.45, 2.75) is 26.2 Å². The fourth-order valence-electron chi connectivity index (χ4n) is 2.27. The van der Waals surface area contributed by atoms with Crippen molar-refractivity contribution in [1.82, 2.24) is 20.4 Å². The molecule has 0 aliphatic carbocycles. The predicted molar refractivity (Wildman–Crippen MR) is 70.4 cm³/mol. The van der Waals surface area contributed by atoms with E-state index in [2.05, 4.69) is 27.3 Å². The summed E-state index contributed by atoms with van der Waals surface area (Å²) in [5.74, 6) is 0.832. The van der Waals surface area contributed by atoms with Crippen LogP contribution in [0.4, 0.5) is 0 Å². The third-order valence-corrected chi connectivity index (χ3v) is 3.57. The summed E-state index contributed by atoms with van der Waals surface area (Å²) in [7, 11) is 0. The Morgan fingerprint density at radius 1 is 1.56 bits per heavy atom. The minimum atomic E-state index is -0.0454. The molecule has 1 fully saturated rings. The maximum atomic E-state index is 11.6. The van der Waals surface area contributed by atoms with Gasteiger partial charge in [0.1, 0.15) is 0 Å². The zero-order chi connectivity index (χ0) is 12.8. The van der Waals surface area contributed by atoms with Crippen molar-refractivity contribution in [3.63, 3.8) is 0 Å². The molecule has 0 aromatic carbocycles. The van der Waals surface area contributed by atoms with Gasteiger partial charge in [0.15, 0.2) is 0 Å². The van der Waals surface area contributed by atoms with Crippen LogP contribution in [-0.2, 0) is 0 Å². The Kier molecular flexibility index (Phi) is 4.75. The van der Waals surface area contributed by atoms with Crippen LogP contribution in [0.1, 0.15) is 36.5 Å². The Bertz CT molecular complexity index is 355. The zero-order valence-electron chi connectivity index (χ0n) is 11.0.